The number of ether oxygens (including phenoxy) is 3. The third-order valence-electron chi connectivity index (χ3n) is 3.03. The monoisotopic (exact) mass is 347 g/mol. The number of guanidine groups is 1. The SMILES string of the molecule is COC(=O)c1ccc(COc2ccc(/C=[NH+]/N=C(N)N)cc2OC)o1. The van der Waals surface area contributed by atoms with Crippen LogP contribution in [-0.2, 0) is 11.3 Å². The summed E-state index contributed by atoms with van der Waals surface area (Å²) in [6.07, 6.45) is 1.60. The predicted octanol–water partition coefficient (Wildman–Crippen LogP) is -0.658. The summed E-state index contributed by atoms with van der Waals surface area (Å²) < 4.78 is 20.9. The Balaban J connectivity index is 2.06. The molecule has 25 heavy (non-hydrogen) atoms. The van der Waals surface area contributed by atoms with E-state index in [0.717, 1.165) is 5.56 Å². The summed E-state index contributed by atoms with van der Waals surface area (Å²) >= 11 is 0. The molecule has 0 bridgehead atoms. The molecule has 0 fully saturated rings. The number of hydrogen-bond acceptors (Lipinski definition) is 6. The Morgan fingerprint density at radius 1 is 1.24 bits per heavy atom. The average molecular weight is 347 g/mol. The highest BCUT2D eigenvalue weighted by atomic mass is 16.5. The maximum atomic E-state index is 11.4. The number of esters is 1. The minimum atomic E-state index is -0.544. The molecule has 1 heterocycles. The number of hydrazone groups is 1. The highest BCUT2D eigenvalue weighted by Gasteiger charge is 2.12. The Morgan fingerprint density at radius 3 is 2.72 bits per heavy atom. The molecule has 0 amide bonds. The van der Waals surface area contributed by atoms with Gasteiger partial charge in [-0.2, -0.15) is 0 Å². The van der Waals surface area contributed by atoms with Gasteiger partial charge in [0.15, 0.2) is 11.5 Å². The van der Waals surface area contributed by atoms with Crippen LogP contribution < -0.4 is 26.0 Å². The van der Waals surface area contributed by atoms with E-state index >= 15 is 0 Å². The van der Waals surface area contributed by atoms with Gasteiger partial charge < -0.3 is 30.1 Å². The smallest absolute Gasteiger partial charge is 0.373 e. The number of nitrogens with zero attached hydrogens (tertiary/aromatic N) is 1. The molecule has 0 unspecified atom stereocenters. The van der Waals surface area contributed by atoms with Gasteiger partial charge in [-0.15, -0.1) is 5.10 Å². The van der Waals surface area contributed by atoms with Crippen molar-refractivity contribution >= 4 is 18.1 Å². The number of hydrogen-bond donors (Lipinski definition) is 3. The number of rotatable bonds is 7. The Morgan fingerprint density at radius 2 is 2.04 bits per heavy atom. The molecular formula is C16H19N4O5+. The van der Waals surface area contributed by atoms with E-state index < -0.39 is 5.97 Å². The van der Waals surface area contributed by atoms with Crippen molar-refractivity contribution in [2.24, 2.45) is 16.6 Å². The lowest BCUT2D eigenvalue weighted by atomic mass is 10.2. The highest BCUT2D eigenvalue weighted by Crippen LogP contribution is 2.28. The first-order chi connectivity index (χ1) is 12.0. The van der Waals surface area contributed by atoms with Gasteiger partial charge in [-0.25, -0.2) is 4.79 Å². The second-order valence-corrected chi connectivity index (χ2v) is 4.77. The molecule has 0 atom stereocenters. The summed E-state index contributed by atoms with van der Waals surface area (Å²) in [6, 6.07) is 8.42. The van der Waals surface area contributed by atoms with Crippen molar-refractivity contribution in [3.8, 4) is 11.5 Å². The van der Waals surface area contributed by atoms with Crippen molar-refractivity contribution in [3.63, 3.8) is 0 Å². The van der Waals surface area contributed by atoms with Gasteiger partial charge in [0.1, 0.15) is 12.4 Å². The number of nitrogens with two attached hydrogens (primary N) is 2. The van der Waals surface area contributed by atoms with E-state index in [-0.39, 0.29) is 18.3 Å². The van der Waals surface area contributed by atoms with Crippen LogP contribution in [0.2, 0.25) is 0 Å². The molecule has 0 radical (unpaired) electrons. The number of carbonyl (C=O) groups excluding carboxylic acids is 1. The maximum absolute atomic E-state index is 11.4. The topological polar surface area (TPSA) is 136 Å². The molecule has 9 nitrogen and oxygen atoms in total. The lowest BCUT2D eigenvalue weighted by molar-refractivity contribution is -0.456. The van der Waals surface area contributed by atoms with Gasteiger partial charge in [0.05, 0.1) is 14.2 Å². The lowest BCUT2D eigenvalue weighted by Gasteiger charge is -2.09. The molecule has 0 aliphatic heterocycles. The molecule has 0 saturated carbocycles. The summed E-state index contributed by atoms with van der Waals surface area (Å²) in [5.74, 6) is 0.999. The number of nitrogens with one attached hydrogen (secondary N) is 1. The standard InChI is InChI=1S/C16H18N4O5/c1-22-14-7-10(8-19-20-16(17)18)3-5-12(14)24-9-11-4-6-13(25-11)15(21)23-2/h3-8H,9H2,1-2H3,(H4,17,18,20)/p+1/b19-8+. The summed E-state index contributed by atoms with van der Waals surface area (Å²) in [5, 5.41) is 6.25. The number of methoxy groups -OCH3 is 2. The van der Waals surface area contributed by atoms with E-state index in [0.29, 0.717) is 17.3 Å². The molecule has 5 N–H and O–H groups in total. The van der Waals surface area contributed by atoms with Crippen LogP contribution in [-0.4, -0.2) is 32.4 Å². The van der Waals surface area contributed by atoms with E-state index in [1.165, 1.54) is 20.3 Å². The van der Waals surface area contributed by atoms with Crippen molar-refractivity contribution in [1.29, 1.82) is 0 Å². The minimum absolute atomic E-state index is 0.0760. The van der Waals surface area contributed by atoms with Crippen molar-refractivity contribution in [3.05, 3.63) is 47.4 Å². The fourth-order valence-corrected chi connectivity index (χ4v) is 1.89. The zero-order valence-electron chi connectivity index (χ0n) is 13.8. The van der Waals surface area contributed by atoms with Crippen LogP contribution in [0.5, 0.6) is 11.5 Å². The van der Waals surface area contributed by atoms with E-state index in [2.05, 4.69) is 14.9 Å². The van der Waals surface area contributed by atoms with Gasteiger partial charge in [-0.3, -0.25) is 0 Å². The fourth-order valence-electron chi connectivity index (χ4n) is 1.89. The second-order valence-electron chi connectivity index (χ2n) is 4.77. The zero-order valence-corrected chi connectivity index (χ0v) is 13.8. The molecular weight excluding hydrogens is 328 g/mol. The van der Waals surface area contributed by atoms with Crippen LogP contribution >= 0.6 is 0 Å². The van der Waals surface area contributed by atoms with Crippen LogP contribution in [0.1, 0.15) is 21.9 Å². The molecule has 2 rings (SSSR count). The van der Waals surface area contributed by atoms with Crippen molar-refractivity contribution in [2.45, 2.75) is 6.61 Å². The number of benzene rings is 1. The number of carbonyl (C=O) groups is 1. The molecule has 1 aromatic heterocycles. The normalized spacial score (nSPS) is 10.5. The van der Waals surface area contributed by atoms with Crippen molar-refractivity contribution in [1.82, 2.24) is 0 Å². The quantitative estimate of drug-likeness (QED) is 0.262. The van der Waals surface area contributed by atoms with Crippen LogP contribution in [0.4, 0.5) is 0 Å². The molecule has 0 spiro atoms. The van der Waals surface area contributed by atoms with Gasteiger partial charge in [0, 0.05) is 10.7 Å². The van der Waals surface area contributed by atoms with E-state index in [1.54, 1.807) is 30.5 Å². The first-order valence-corrected chi connectivity index (χ1v) is 7.18. The Hall–Kier alpha value is -3.49. The van der Waals surface area contributed by atoms with Crippen LogP contribution in [0.3, 0.4) is 0 Å². The number of furan rings is 1. The summed E-state index contributed by atoms with van der Waals surface area (Å²) in [6.45, 7) is 0.128. The average Bonchev–Trinajstić information content (AvgIpc) is 3.08. The fraction of sp³-hybridized carbons (Fsp3) is 0.188. The van der Waals surface area contributed by atoms with Crippen LogP contribution in [0.15, 0.2) is 39.9 Å². The largest absolute Gasteiger partial charge is 0.493 e. The molecule has 9 heteroatoms. The molecule has 1 aromatic carbocycles. The van der Waals surface area contributed by atoms with Crippen molar-refractivity contribution in [2.75, 3.05) is 14.2 Å². The van der Waals surface area contributed by atoms with Gasteiger partial charge in [-0.05, 0) is 30.3 Å². The predicted molar refractivity (Wildman–Crippen MR) is 89.3 cm³/mol. The highest BCUT2D eigenvalue weighted by molar-refractivity contribution is 5.86. The minimum Gasteiger partial charge on any atom is -0.493 e. The molecule has 0 aliphatic carbocycles. The van der Waals surface area contributed by atoms with E-state index in [1.807, 2.05) is 0 Å². The van der Waals surface area contributed by atoms with Gasteiger partial charge in [-0.1, -0.05) is 0 Å². The maximum Gasteiger partial charge on any atom is 0.373 e. The molecule has 132 valence electrons. The van der Waals surface area contributed by atoms with Crippen LogP contribution in [0.25, 0.3) is 0 Å². The third kappa shape index (κ3) is 4.99. The summed E-state index contributed by atoms with van der Waals surface area (Å²) in [7, 11) is 2.81. The lowest BCUT2D eigenvalue weighted by Crippen LogP contribution is -2.63. The van der Waals surface area contributed by atoms with Crippen LogP contribution in [0, 0.1) is 0 Å². The second kappa shape index (κ2) is 8.39. The third-order valence-corrected chi connectivity index (χ3v) is 3.03. The first-order valence-electron chi connectivity index (χ1n) is 7.18. The molecule has 0 aliphatic rings. The summed E-state index contributed by atoms with van der Waals surface area (Å²) in [4.78, 5) is 11.4. The Bertz CT molecular complexity index is 794. The first kappa shape index (κ1) is 17.9. The summed E-state index contributed by atoms with van der Waals surface area (Å²) in [5.41, 5.74) is 11.2. The van der Waals surface area contributed by atoms with E-state index in [9.17, 15) is 4.79 Å². The molecule has 2 aromatic rings. The van der Waals surface area contributed by atoms with Gasteiger partial charge in [0.25, 0.3) is 5.96 Å². The molecule has 0 saturated heterocycles. The van der Waals surface area contributed by atoms with Gasteiger partial charge in [0.2, 0.25) is 12.0 Å². The zero-order chi connectivity index (χ0) is 18.2. The van der Waals surface area contributed by atoms with Crippen molar-refractivity contribution < 1.29 is 28.5 Å². The Kier molecular flexibility index (Phi) is 5.99. The Labute approximate surface area is 143 Å². The van der Waals surface area contributed by atoms with Gasteiger partial charge >= 0.3 is 5.97 Å². The van der Waals surface area contributed by atoms with E-state index in [4.69, 9.17) is 25.4 Å².